The van der Waals surface area contributed by atoms with E-state index in [0.717, 1.165) is 42.1 Å². The summed E-state index contributed by atoms with van der Waals surface area (Å²) in [4.78, 5) is 24.1. The molecular weight excluding hydrogens is 392 g/mol. The smallest absolute Gasteiger partial charge is 0.366 e. The number of primary amides is 1. The van der Waals surface area contributed by atoms with Crippen molar-refractivity contribution in [2.24, 2.45) is 17.1 Å². The lowest BCUT2D eigenvalue weighted by Gasteiger charge is -2.61. The highest BCUT2D eigenvalue weighted by molar-refractivity contribution is 6.05. The summed E-state index contributed by atoms with van der Waals surface area (Å²) in [7, 11) is 0. The van der Waals surface area contributed by atoms with E-state index in [1.54, 1.807) is 0 Å². The van der Waals surface area contributed by atoms with Crippen LogP contribution in [0.1, 0.15) is 51.4 Å². The van der Waals surface area contributed by atoms with E-state index >= 15 is 0 Å². The Kier molecular flexibility index (Phi) is 4.21. The molecule has 10 heteroatoms. The third kappa shape index (κ3) is 3.26. The molecule has 3 aliphatic carbocycles. The van der Waals surface area contributed by atoms with E-state index < -0.39 is 40.6 Å². The fraction of sp³-hybridized carbons (Fsp3) is 0.421. The molecule has 3 aliphatic rings. The zero-order valence-electron chi connectivity index (χ0n) is 15.4. The summed E-state index contributed by atoms with van der Waals surface area (Å²) in [5.41, 5.74) is 2.49. The monoisotopic (exact) mass is 410 g/mol. The maximum atomic E-state index is 13.6. The van der Waals surface area contributed by atoms with Crippen LogP contribution < -0.4 is 11.1 Å². The maximum Gasteiger partial charge on any atom is 0.420 e. The van der Waals surface area contributed by atoms with Crippen molar-refractivity contribution in [3.63, 3.8) is 0 Å². The summed E-state index contributed by atoms with van der Waals surface area (Å²) in [6.07, 6.45) is -1.99. The number of aryl methyl sites for hydroxylation is 1. The SMILES string of the molecule is Cc1nn(CC23CC(C2)C3)c(C(=O)Nc2ccc(F)c(C(N)=O)c2)c1C(F)(F)F. The molecule has 0 atom stereocenters. The van der Waals surface area contributed by atoms with Crippen LogP contribution in [0.5, 0.6) is 0 Å². The van der Waals surface area contributed by atoms with Gasteiger partial charge in [-0.05, 0) is 55.7 Å². The third-order valence-corrected chi connectivity index (χ3v) is 5.77. The molecular formula is C19H18F4N4O2. The quantitative estimate of drug-likeness (QED) is 0.740. The second kappa shape index (κ2) is 6.30. The van der Waals surface area contributed by atoms with Gasteiger partial charge in [0, 0.05) is 12.2 Å². The first kappa shape index (κ1) is 19.4. The predicted octanol–water partition coefficient (Wildman–Crippen LogP) is 3.50. The van der Waals surface area contributed by atoms with E-state index in [1.807, 2.05) is 0 Å². The summed E-state index contributed by atoms with van der Waals surface area (Å²) < 4.78 is 55.7. The number of carbonyl (C=O) groups excluding carboxylic acids is 2. The van der Waals surface area contributed by atoms with Crippen molar-refractivity contribution >= 4 is 17.5 Å². The lowest BCUT2D eigenvalue weighted by atomic mass is 9.44. The Hall–Kier alpha value is -2.91. The van der Waals surface area contributed by atoms with Crippen LogP contribution in [-0.2, 0) is 12.7 Å². The van der Waals surface area contributed by atoms with E-state index in [-0.39, 0.29) is 23.3 Å². The van der Waals surface area contributed by atoms with E-state index in [1.165, 1.54) is 6.92 Å². The lowest BCUT2D eigenvalue weighted by Crippen LogP contribution is -2.54. The van der Waals surface area contributed by atoms with Gasteiger partial charge >= 0.3 is 6.18 Å². The van der Waals surface area contributed by atoms with Crippen molar-refractivity contribution < 1.29 is 27.2 Å². The molecule has 0 radical (unpaired) electrons. The fourth-order valence-electron chi connectivity index (χ4n) is 4.42. The van der Waals surface area contributed by atoms with E-state index in [0.29, 0.717) is 5.92 Å². The van der Waals surface area contributed by atoms with Crippen molar-refractivity contribution in [2.45, 2.75) is 38.9 Å². The Balaban J connectivity index is 1.69. The Bertz CT molecular complexity index is 1010. The number of amides is 2. The molecule has 3 saturated carbocycles. The minimum Gasteiger partial charge on any atom is -0.366 e. The van der Waals surface area contributed by atoms with E-state index in [2.05, 4.69) is 10.4 Å². The number of carbonyl (C=O) groups is 2. The molecule has 0 unspecified atom stereocenters. The number of hydrogen-bond donors (Lipinski definition) is 2. The molecule has 1 aromatic carbocycles. The summed E-state index contributed by atoms with van der Waals surface area (Å²) in [6, 6.07) is 3.03. The normalized spacial score (nSPS) is 22.6. The summed E-state index contributed by atoms with van der Waals surface area (Å²) in [6.45, 7) is 1.44. The molecule has 29 heavy (non-hydrogen) atoms. The second-order valence-electron chi connectivity index (χ2n) is 7.96. The van der Waals surface area contributed by atoms with Gasteiger partial charge in [0.15, 0.2) is 0 Å². The van der Waals surface area contributed by atoms with Crippen LogP contribution in [0.15, 0.2) is 18.2 Å². The van der Waals surface area contributed by atoms with Gasteiger partial charge in [0.1, 0.15) is 17.1 Å². The van der Waals surface area contributed by atoms with Gasteiger partial charge in [-0.25, -0.2) is 4.39 Å². The van der Waals surface area contributed by atoms with Gasteiger partial charge < -0.3 is 11.1 Å². The standard InChI is InChI=1S/C19H18F4N4O2/c1-9-14(19(21,22)23)15(27(26-9)8-18-5-10(6-18)7-18)17(29)25-11-2-3-13(20)12(4-11)16(24)28/h2-4,10H,5-8H2,1H3,(H2,24,28)(H,25,29). The molecule has 0 saturated heterocycles. The van der Waals surface area contributed by atoms with Gasteiger partial charge in [0.05, 0.1) is 11.3 Å². The highest BCUT2D eigenvalue weighted by Crippen LogP contribution is 2.65. The van der Waals surface area contributed by atoms with Gasteiger partial charge in [-0.2, -0.15) is 18.3 Å². The molecule has 2 amide bonds. The highest BCUT2D eigenvalue weighted by atomic mass is 19.4. The molecule has 6 nitrogen and oxygen atoms in total. The van der Waals surface area contributed by atoms with E-state index in [9.17, 15) is 27.2 Å². The molecule has 1 heterocycles. The number of benzene rings is 1. The summed E-state index contributed by atoms with van der Waals surface area (Å²) >= 11 is 0. The average Bonchev–Trinajstić information content (AvgIpc) is 2.87. The zero-order valence-corrected chi connectivity index (χ0v) is 15.4. The molecule has 0 aliphatic heterocycles. The molecule has 3 fully saturated rings. The number of anilines is 1. The van der Waals surface area contributed by atoms with Crippen LogP contribution in [0.2, 0.25) is 0 Å². The van der Waals surface area contributed by atoms with Gasteiger partial charge in [-0.15, -0.1) is 0 Å². The van der Waals surface area contributed by atoms with Crippen LogP contribution in [0, 0.1) is 24.1 Å². The number of nitrogens with two attached hydrogens (primary N) is 1. The topological polar surface area (TPSA) is 90.0 Å². The van der Waals surface area contributed by atoms with Crippen molar-refractivity contribution in [2.75, 3.05) is 5.32 Å². The molecule has 3 N–H and O–H groups in total. The number of aromatic nitrogens is 2. The molecule has 5 rings (SSSR count). The average molecular weight is 410 g/mol. The number of halogens is 4. The minimum absolute atomic E-state index is 0.0470. The molecule has 2 aromatic rings. The first-order chi connectivity index (χ1) is 13.5. The second-order valence-corrected chi connectivity index (χ2v) is 7.96. The van der Waals surface area contributed by atoms with Crippen LogP contribution in [0.3, 0.4) is 0 Å². The maximum absolute atomic E-state index is 13.6. The lowest BCUT2D eigenvalue weighted by molar-refractivity contribution is -0.139. The van der Waals surface area contributed by atoms with Crippen molar-refractivity contribution in [3.05, 3.63) is 46.5 Å². The van der Waals surface area contributed by atoms with E-state index in [4.69, 9.17) is 5.73 Å². The fourth-order valence-corrected chi connectivity index (χ4v) is 4.42. The van der Waals surface area contributed by atoms with Crippen molar-refractivity contribution in [3.8, 4) is 0 Å². The number of alkyl halides is 3. The van der Waals surface area contributed by atoms with Crippen molar-refractivity contribution in [1.29, 1.82) is 0 Å². The van der Waals surface area contributed by atoms with Gasteiger partial charge in [0.2, 0.25) is 0 Å². The first-order valence-electron chi connectivity index (χ1n) is 9.04. The number of rotatable bonds is 5. The first-order valence-corrected chi connectivity index (χ1v) is 9.04. The van der Waals surface area contributed by atoms with Crippen molar-refractivity contribution in [1.82, 2.24) is 9.78 Å². The van der Waals surface area contributed by atoms with Crippen LogP contribution in [0.25, 0.3) is 0 Å². The summed E-state index contributed by atoms with van der Waals surface area (Å²) in [5.74, 6) is -2.36. The minimum atomic E-state index is -4.77. The van der Waals surface area contributed by atoms with Crippen LogP contribution in [-0.4, -0.2) is 21.6 Å². The summed E-state index contributed by atoms with van der Waals surface area (Å²) in [5, 5.41) is 6.30. The van der Waals surface area contributed by atoms with Gasteiger partial charge in [-0.1, -0.05) is 0 Å². The molecule has 154 valence electrons. The molecule has 2 bridgehead atoms. The number of hydrogen-bond acceptors (Lipinski definition) is 3. The Morgan fingerprint density at radius 1 is 1.31 bits per heavy atom. The van der Waals surface area contributed by atoms with Crippen LogP contribution in [0.4, 0.5) is 23.2 Å². The highest BCUT2D eigenvalue weighted by Gasteiger charge is 2.57. The number of nitrogens with one attached hydrogen (secondary N) is 1. The Morgan fingerprint density at radius 2 is 1.97 bits per heavy atom. The predicted molar refractivity (Wildman–Crippen MR) is 94.6 cm³/mol. The van der Waals surface area contributed by atoms with Crippen LogP contribution >= 0.6 is 0 Å². The Labute approximate surface area is 163 Å². The number of nitrogens with zero attached hydrogens (tertiary/aromatic N) is 2. The molecule has 0 spiro atoms. The largest absolute Gasteiger partial charge is 0.420 e. The Morgan fingerprint density at radius 3 is 2.48 bits per heavy atom. The third-order valence-electron chi connectivity index (χ3n) is 5.77. The molecule has 1 aromatic heterocycles. The van der Waals surface area contributed by atoms with Gasteiger partial charge in [-0.3, -0.25) is 14.3 Å². The van der Waals surface area contributed by atoms with Gasteiger partial charge in [0.25, 0.3) is 11.8 Å². The zero-order chi connectivity index (χ0) is 21.1.